The standard InChI is InChI=1S/C68H103NO20/c1-15-16-42-17-18-43-25-35(6)58(88-54-30-66(13,78)62(40(11)83-54)69-41(12)70)33(4)23-31(2)45-20-19-44-56(67(45,14)63(75)55-64(76)68(43,29-42)89-65(55)77)32(3)24-34(5)59(44)85-53-28-49(84-50-22-21-46(71)36(7)79-50)61(39(10)82-53)87-52-27-48(73)60(38(9)81-52)86-51-26-47(72)57(74)37(8)80-51/h17-20,23,25,32-34,36-40,42-54,56-62,71-75,78H,15-16,21-22,24,26-30H2,1-14H3,(H,69,70)/b31-23+,35-25+,63-55?/t32-,33?,34-,36-,37+,38+,39+,40-,42-,43-,44-,45-,46+,47+,48+,49+,50-,51+,52+,53+,54-,56+,57+,58-,59-,60+,61+,62-,66-,67+,68-/m0/s1. The van der Waals surface area contributed by atoms with Crippen LogP contribution in [-0.2, 0) is 66.5 Å². The van der Waals surface area contributed by atoms with Crippen molar-refractivity contribution in [2.75, 3.05) is 0 Å². The summed E-state index contributed by atoms with van der Waals surface area (Å²) in [5.41, 5.74) is -3.02. The second-order valence-corrected chi connectivity index (χ2v) is 28.7. The number of aliphatic hydroxyl groups excluding tert-OH is 5. The zero-order valence-corrected chi connectivity index (χ0v) is 54.6. The second kappa shape index (κ2) is 27.1. The predicted octanol–water partition coefficient (Wildman–Crippen LogP) is 6.99. The molecule has 21 nitrogen and oxygen atoms in total. The van der Waals surface area contributed by atoms with Crippen molar-refractivity contribution >= 4 is 17.7 Å². The molecule has 7 N–H and O–H groups in total. The lowest BCUT2D eigenvalue weighted by atomic mass is 9.49. The molecule has 1 spiro atoms. The van der Waals surface area contributed by atoms with Gasteiger partial charge >= 0.3 is 5.97 Å². The Morgan fingerprint density at radius 3 is 1.93 bits per heavy atom. The zero-order valence-electron chi connectivity index (χ0n) is 54.6. The predicted molar refractivity (Wildman–Crippen MR) is 322 cm³/mol. The average Bonchev–Trinajstić information content (AvgIpc) is 1.70. The van der Waals surface area contributed by atoms with Gasteiger partial charge in [-0.25, -0.2) is 4.79 Å². The molecule has 7 fully saturated rings. The van der Waals surface area contributed by atoms with Crippen molar-refractivity contribution in [2.45, 2.75) is 295 Å². The third-order valence-electron chi connectivity index (χ3n) is 21.7. The molecule has 89 heavy (non-hydrogen) atoms. The van der Waals surface area contributed by atoms with Crippen molar-refractivity contribution in [3.05, 3.63) is 58.9 Å². The summed E-state index contributed by atoms with van der Waals surface area (Å²) >= 11 is 0. The van der Waals surface area contributed by atoms with E-state index in [9.17, 15) is 40.2 Å². The molecule has 21 heteroatoms. The van der Waals surface area contributed by atoms with Gasteiger partial charge in [0.1, 0.15) is 29.6 Å². The van der Waals surface area contributed by atoms with Crippen molar-refractivity contribution in [1.29, 1.82) is 0 Å². The lowest BCUT2D eigenvalue weighted by molar-refractivity contribution is -0.351. The minimum atomic E-state index is -1.66. The first kappa shape index (κ1) is 68.4. The van der Waals surface area contributed by atoms with Crippen LogP contribution in [0.1, 0.15) is 161 Å². The number of Topliss-reactive ketones (excluding diaryl/α,β-unsaturated/α-hetero) is 1. The molecule has 0 aromatic heterocycles. The van der Waals surface area contributed by atoms with E-state index in [1.54, 1.807) is 34.6 Å². The summed E-state index contributed by atoms with van der Waals surface area (Å²) in [7, 11) is 0. The van der Waals surface area contributed by atoms with Crippen LogP contribution in [0.2, 0.25) is 0 Å². The molecular weight excluding hydrogens is 1150 g/mol. The van der Waals surface area contributed by atoms with Crippen LogP contribution in [0.25, 0.3) is 0 Å². The molecule has 0 aromatic carbocycles. The van der Waals surface area contributed by atoms with E-state index in [-0.39, 0.29) is 78.9 Å². The molecule has 0 aromatic rings. The maximum Gasteiger partial charge on any atom is 0.346 e. The quantitative estimate of drug-likeness (QED) is 0.0556. The van der Waals surface area contributed by atoms with E-state index in [1.165, 1.54) is 6.92 Å². The number of carbonyl (C=O) groups is 3. The number of hydrogen-bond acceptors (Lipinski definition) is 20. The number of ketones is 1. The first-order valence-corrected chi connectivity index (χ1v) is 33.2. The highest BCUT2D eigenvalue weighted by Crippen LogP contribution is 2.61. The van der Waals surface area contributed by atoms with Gasteiger partial charge in [-0.1, -0.05) is 83.1 Å². The highest BCUT2D eigenvalue weighted by molar-refractivity contribution is 6.26. The van der Waals surface area contributed by atoms with E-state index >= 15 is 4.79 Å². The first-order chi connectivity index (χ1) is 41.9. The Kier molecular flexibility index (Phi) is 20.8. The van der Waals surface area contributed by atoms with Gasteiger partial charge < -0.3 is 88.1 Å². The maximum absolute atomic E-state index is 15.8. The number of amides is 1. The number of nitrogens with one attached hydrogen (secondary N) is 1. The van der Waals surface area contributed by atoms with E-state index < -0.39 is 169 Å². The molecule has 10 aliphatic rings. The lowest BCUT2D eigenvalue weighted by Gasteiger charge is -2.57. The average molecular weight is 1250 g/mol. The van der Waals surface area contributed by atoms with Crippen LogP contribution in [0.15, 0.2) is 58.9 Å². The Morgan fingerprint density at radius 1 is 0.652 bits per heavy atom. The summed E-state index contributed by atoms with van der Waals surface area (Å²) in [6, 6.07) is -0.687. The molecule has 6 saturated heterocycles. The molecular formula is C68H103NO20. The fourth-order valence-corrected chi connectivity index (χ4v) is 17.3. The number of rotatable bonds is 13. The smallest absolute Gasteiger partial charge is 0.346 e. The van der Waals surface area contributed by atoms with Gasteiger partial charge in [0.25, 0.3) is 0 Å². The third-order valence-corrected chi connectivity index (χ3v) is 21.7. The van der Waals surface area contributed by atoms with Gasteiger partial charge in [0.15, 0.2) is 37.1 Å². The lowest BCUT2D eigenvalue weighted by Crippen LogP contribution is -2.62. The van der Waals surface area contributed by atoms with Crippen LogP contribution in [0, 0.1) is 52.8 Å². The minimum absolute atomic E-state index is 0.0209. The summed E-state index contributed by atoms with van der Waals surface area (Å²) in [5, 5.41) is 71.0. The SMILES string of the molecule is CCC[C@H]1C=C[C@H]2/C=C(\C)[C@@H](O[C@H]3C[C@](C)(O)[C@@H](NC(C)=O)[C@H](C)O3)C(C)/C=C(\C)[C@@H]3C=C[C@@H]4[C@@H](O[C@@H]5C[C@@H](O[C@H]6CC[C@@H](O)[C@H](C)O6)[C@H](O[C@@H]6C[C@@H](O)[C@H](O[C@@H]7C[C@@H](O)[C@H](O)[C@@H](C)O7)[C@@H](C)O6)[C@@H](C)O5)[C@@H](C)C[C@H](C)[C@H]4[C@]3(C)C(O)=C3C(=O)O[C@]2(C1)C3=O. The van der Waals surface area contributed by atoms with Gasteiger partial charge in [-0.3, -0.25) is 9.59 Å². The molecule has 0 radical (unpaired) electrons. The molecule has 6 aliphatic heterocycles. The molecule has 4 aliphatic carbocycles. The van der Waals surface area contributed by atoms with Crippen LogP contribution in [0.4, 0.5) is 0 Å². The summed E-state index contributed by atoms with van der Waals surface area (Å²) in [4.78, 5) is 42.9. The van der Waals surface area contributed by atoms with Crippen molar-refractivity contribution in [3.63, 3.8) is 0 Å². The van der Waals surface area contributed by atoms with E-state index in [4.69, 9.17) is 52.1 Å². The number of esters is 1. The summed E-state index contributed by atoms with van der Waals surface area (Å²) in [6.45, 7) is 26.3. The van der Waals surface area contributed by atoms with E-state index in [0.717, 1.165) is 24.0 Å². The van der Waals surface area contributed by atoms with Crippen LogP contribution in [-0.4, -0.2) is 182 Å². The number of hydrogen-bond donors (Lipinski definition) is 7. The monoisotopic (exact) mass is 1250 g/mol. The second-order valence-electron chi connectivity index (χ2n) is 28.7. The molecule has 500 valence electrons. The fourth-order valence-electron chi connectivity index (χ4n) is 17.3. The normalized spacial score (nSPS) is 50.8. The Morgan fingerprint density at radius 2 is 1.28 bits per heavy atom. The van der Waals surface area contributed by atoms with Gasteiger partial charge in [0, 0.05) is 74.5 Å². The van der Waals surface area contributed by atoms with Gasteiger partial charge in [-0.05, 0) is 104 Å². The van der Waals surface area contributed by atoms with E-state index in [0.29, 0.717) is 19.3 Å². The van der Waals surface area contributed by atoms with Gasteiger partial charge in [0.05, 0.1) is 78.8 Å². The Labute approximate surface area is 525 Å². The maximum atomic E-state index is 15.8. The molecule has 2 bridgehead atoms. The van der Waals surface area contributed by atoms with Crippen molar-refractivity contribution in [3.8, 4) is 0 Å². The fraction of sp³-hybridized carbons (Fsp3) is 0.809. The topological polar surface area (TPSA) is 286 Å². The highest BCUT2D eigenvalue weighted by Gasteiger charge is 2.64. The van der Waals surface area contributed by atoms with Crippen molar-refractivity contribution < 1.29 is 97.1 Å². The molecule has 6 heterocycles. The van der Waals surface area contributed by atoms with Crippen LogP contribution in [0.3, 0.4) is 0 Å². The molecule has 10 rings (SSSR count). The minimum Gasteiger partial charge on any atom is -0.511 e. The molecule has 31 atom stereocenters. The number of fused-ring (bicyclic) bond motifs is 4. The van der Waals surface area contributed by atoms with Gasteiger partial charge in [0.2, 0.25) is 11.7 Å². The number of carbonyl (C=O) groups excluding carboxylic acids is 3. The molecule has 1 amide bonds. The number of ether oxygens (including phenoxy) is 11. The molecule has 1 saturated carbocycles. The highest BCUT2D eigenvalue weighted by atomic mass is 16.8. The Balaban J connectivity index is 0.961. The Hall–Kier alpha value is -3.49. The number of allylic oxidation sites excluding steroid dienone is 4. The zero-order chi connectivity index (χ0) is 64.5. The summed E-state index contributed by atoms with van der Waals surface area (Å²) in [6.07, 6.45) is 1.45. The number of aliphatic hydroxyl groups is 6. The Bertz CT molecular complexity index is 2690. The summed E-state index contributed by atoms with van der Waals surface area (Å²) < 4.78 is 72.3. The van der Waals surface area contributed by atoms with E-state index in [1.807, 2.05) is 39.8 Å². The summed E-state index contributed by atoms with van der Waals surface area (Å²) in [5.74, 6) is -4.60. The van der Waals surface area contributed by atoms with Crippen molar-refractivity contribution in [1.82, 2.24) is 5.32 Å². The van der Waals surface area contributed by atoms with Crippen LogP contribution < -0.4 is 5.32 Å². The molecule has 1 unspecified atom stereocenters. The third kappa shape index (κ3) is 13.6. The van der Waals surface area contributed by atoms with E-state index in [2.05, 4.69) is 57.3 Å². The van der Waals surface area contributed by atoms with Crippen molar-refractivity contribution in [2.24, 2.45) is 52.8 Å². The largest absolute Gasteiger partial charge is 0.511 e. The van der Waals surface area contributed by atoms with Crippen LogP contribution >= 0.6 is 0 Å². The first-order valence-electron chi connectivity index (χ1n) is 33.2. The van der Waals surface area contributed by atoms with Gasteiger partial charge in [-0.2, -0.15) is 0 Å². The van der Waals surface area contributed by atoms with Crippen LogP contribution in [0.5, 0.6) is 0 Å². The van der Waals surface area contributed by atoms with Gasteiger partial charge in [-0.15, -0.1) is 0 Å².